The fourth-order valence-electron chi connectivity index (χ4n) is 10.0. The van der Waals surface area contributed by atoms with Crippen LogP contribution in [-0.4, -0.2) is 19.1 Å². The van der Waals surface area contributed by atoms with Crippen molar-refractivity contribution in [2.75, 3.05) is 0 Å². The van der Waals surface area contributed by atoms with E-state index in [4.69, 9.17) is 18.8 Å². The Kier molecular flexibility index (Phi) is 6.20. The summed E-state index contributed by atoms with van der Waals surface area (Å²) >= 11 is 0. The van der Waals surface area contributed by atoms with Crippen LogP contribution in [0.25, 0.3) is 132 Å². The van der Waals surface area contributed by atoms with Crippen LogP contribution in [0.3, 0.4) is 0 Å². The van der Waals surface area contributed by atoms with Gasteiger partial charge in [0.15, 0.2) is 0 Å². The molecule has 60 heavy (non-hydrogen) atoms. The summed E-state index contributed by atoms with van der Waals surface area (Å²) < 4.78 is 17.8. The quantitative estimate of drug-likeness (QED) is 0.180. The lowest BCUT2D eigenvalue weighted by Crippen LogP contribution is -2.04. The van der Waals surface area contributed by atoms with E-state index in [1.54, 1.807) is 0 Å². The van der Waals surface area contributed by atoms with Crippen molar-refractivity contribution in [2.45, 2.75) is 0 Å². The molecule has 14 rings (SSSR count). The third-order valence-electron chi connectivity index (χ3n) is 12.5. The first-order chi connectivity index (χ1) is 29.8. The summed E-state index contributed by atoms with van der Waals surface area (Å²) in [5, 5.41) is 13.5. The van der Waals surface area contributed by atoms with Crippen LogP contribution in [0, 0.1) is 0 Å². The molecular weight excluding hydrogens is 737 g/mol. The number of benzene rings is 9. The lowest BCUT2D eigenvalue weighted by Gasteiger charge is -2.14. The summed E-state index contributed by atoms with van der Waals surface area (Å²) in [5.74, 6) is 0.527. The van der Waals surface area contributed by atoms with Gasteiger partial charge in [0, 0.05) is 49.0 Å². The first-order valence-electron chi connectivity index (χ1n) is 20.2. The molecule has 0 unspecified atom stereocenters. The fourth-order valence-corrected chi connectivity index (χ4v) is 10.0. The minimum atomic E-state index is 0.526. The van der Waals surface area contributed by atoms with Crippen molar-refractivity contribution in [1.29, 1.82) is 0 Å². The van der Waals surface area contributed by atoms with Gasteiger partial charge in [0.25, 0.3) is 0 Å². The van der Waals surface area contributed by atoms with Crippen molar-refractivity contribution in [2.24, 2.45) is 0 Å². The maximum atomic E-state index is 6.67. The number of fused-ring (bicyclic) bond motifs is 18. The predicted molar refractivity (Wildman–Crippen MR) is 246 cm³/mol. The highest BCUT2D eigenvalue weighted by atomic mass is 16.3. The molecule has 0 saturated heterocycles. The summed E-state index contributed by atoms with van der Waals surface area (Å²) in [6, 6.07) is 64.2. The number of hydrogen-bond donors (Lipinski definition) is 0. The fraction of sp³-hybridized carbons (Fsp3) is 0. The molecule has 6 heteroatoms. The minimum absolute atomic E-state index is 0.526. The van der Waals surface area contributed by atoms with Gasteiger partial charge in [-0.3, -0.25) is 4.57 Å². The summed E-state index contributed by atoms with van der Waals surface area (Å²) in [7, 11) is 0. The Bertz CT molecular complexity index is 4130. The average molecular weight is 767 g/mol. The van der Waals surface area contributed by atoms with Gasteiger partial charge < -0.3 is 13.4 Å². The lowest BCUT2D eigenvalue weighted by molar-refractivity contribution is 0.651. The average Bonchev–Trinajstić information content (AvgIpc) is 4.06. The Morgan fingerprint density at radius 2 is 1.00 bits per heavy atom. The minimum Gasteiger partial charge on any atom is -0.456 e. The normalized spacial score (nSPS) is 12.3. The van der Waals surface area contributed by atoms with E-state index in [1.165, 1.54) is 32.3 Å². The second kappa shape index (κ2) is 11.7. The molecule has 5 heterocycles. The zero-order valence-electron chi connectivity index (χ0n) is 31.9. The van der Waals surface area contributed by atoms with Crippen LogP contribution in [0.4, 0.5) is 0 Å². The molecule has 0 amide bonds. The molecule has 0 fully saturated rings. The molecule has 0 bridgehead atoms. The van der Waals surface area contributed by atoms with E-state index in [-0.39, 0.29) is 0 Å². The monoisotopic (exact) mass is 766 g/mol. The Labute approximate surface area is 340 Å². The van der Waals surface area contributed by atoms with Crippen molar-refractivity contribution in [3.8, 4) is 22.9 Å². The van der Waals surface area contributed by atoms with Crippen LogP contribution in [0.2, 0.25) is 0 Å². The highest BCUT2D eigenvalue weighted by Crippen LogP contribution is 2.48. The van der Waals surface area contributed by atoms with E-state index < -0.39 is 0 Å². The van der Waals surface area contributed by atoms with Crippen LogP contribution >= 0.6 is 0 Å². The molecule has 0 spiro atoms. The van der Waals surface area contributed by atoms with Gasteiger partial charge in [-0.2, -0.15) is 4.98 Å². The highest BCUT2D eigenvalue weighted by molar-refractivity contribution is 6.39. The number of para-hydroxylation sites is 4. The predicted octanol–water partition coefficient (Wildman–Crippen LogP) is 14.4. The van der Waals surface area contributed by atoms with Gasteiger partial charge in [-0.15, -0.1) is 0 Å². The van der Waals surface area contributed by atoms with Crippen molar-refractivity contribution in [3.05, 3.63) is 182 Å². The highest BCUT2D eigenvalue weighted by Gasteiger charge is 2.28. The largest absolute Gasteiger partial charge is 0.456 e. The standard InChI is InChI=1S/C54H30N4O2/c1-2-15-33(16-3-1)57-42-29-27-31-14-4-5-17-34(31)47(42)48-38-20-7-6-19-37(38)46-39-21-8-11-23-41(39)58(51(46)52(48)57)54-55-50(49-40-22-10-13-25-44(40)60-53(49)56-54)32-26-28-36-35-18-9-12-24-43(35)59-45(36)30-32/h1-30H. The van der Waals surface area contributed by atoms with Gasteiger partial charge >= 0.3 is 0 Å². The number of furan rings is 2. The van der Waals surface area contributed by atoms with Crippen LogP contribution in [-0.2, 0) is 0 Å². The topological polar surface area (TPSA) is 61.9 Å². The number of hydrogen-bond acceptors (Lipinski definition) is 4. The van der Waals surface area contributed by atoms with E-state index >= 15 is 0 Å². The van der Waals surface area contributed by atoms with E-state index in [1.807, 2.05) is 30.3 Å². The zero-order valence-corrected chi connectivity index (χ0v) is 31.9. The molecule has 0 aliphatic rings. The van der Waals surface area contributed by atoms with Crippen LogP contribution < -0.4 is 0 Å². The van der Waals surface area contributed by atoms with Gasteiger partial charge in [0.1, 0.15) is 16.7 Å². The Hall–Kier alpha value is -8.22. The molecule has 278 valence electrons. The van der Waals surface area contributed by atoms with Crippen molar-refractivity contribution in [1.82, 2.24) is 19.1 Å². The SMILES string of the molecule is c1ccc(-n2c3ccc4ccccc4c3c3c4ccccc4c4c5ccccc5n(-c5nc(-c6ccc7c(c6)oc6ccccc67)c6c(n5)oc5ccccc56)c4c32)cc1. The lowest BCUT2D eigenvalue weighted by atomic mass is 9.96. The van der Waals surface area contributed by atoms with Gasteiger partial charge in [-0.1, -0.05) is 133 Å². The molecular formula is C54H30N4O2. The van der Waals surface area contributed by atoms with Gasteiger partial charge in [0.2, 0.25) is 11.7 Å². The van der Waals surface area contributed by atoms with E-state index in [9.17, 15) is 0 Å². The first-order valence-corrected chi connectivity index (χ1v) is 20.2. The molecule has 6 nitrogen and oxygen atoms in total. The summed E-state index contributed by atoms with van der Waals surface area (Å²) in [6.07, 6.45) is 0. The van der Waals surface area contributed by atoms with Crippen molar-refractivity contribution >= 4 is 109 Å². The smallest absolute Gasteiger partial charge is 0.238 e. The Balaban J connectivity index is 1.21. The third kappa shape index (κ3) is 4.16. The van der Waals surface area contributed by atoms with Crippen LogP contribution in [0.15, 0.2) is 191 Å². The Morgan fingerprint density at radius 1 is 0.367 bits per heavy atom. The van der Waals surface area contributed by atoms with E-state index in [2.05, 4.69) is 161 Å². The molecule has 5 aromatic heterocycles. The van der Waals surface area contributed by atoms with Gasteiger partial charge in [-0.25, -0.2) is 4.98 Å². The summed E-state index contributed by atoms with van der Waals surface area (Å²) in [6.45, 7) is 0. The second-order valence-electron chi connectivity index (χ2n) is 15.7. The molecule has 0 aliphatic heterocycles. The molecule has 14 aromatic rings. The molecule has 0 N–H and O–H groups in total. The molecule has 0 saturated carbocycles. The molecule has 0 atom stereocenters. The van der Waals surface area contributed by atoms with Crippen molar-refractivity contribution < 1.29 is 8.83 Å². The first kappa shape index (κ1) is 31.8. The molecule has 9 aromatic carbocycles. The van der Waals surface area contributed by atoms with Crippen LogP contribution in [0.5, 0.6) is 0 Å². The number of rotatable bonds is 3. The van der Waals surface area contributed by atoms with E-state index in [0.717, 1.165) is 88.1 Å². The number of aromatic nitrogens is 4. The molecule has 0 aliphatic carbocycles. The van der Waals surface area contributed by atoms with Crippen LogP contribution in [0.1, 0.15) is 0 Å². The zero-order chi connectivity index (χ0) is 39.1. The van der Waals surface area contributed by atoms with Crippen molar-refractivity contribution in [3.63, 3.8) is 0 Å². The molecule has 0 radical (unpaired) electrons. The second-order valence-corrected chi connectivity index (χ2v) is 15.7. The van der Waals surface area contributed by atoms with Gasteiger partial charge in [-0.05, 0) is 70.1 Å². The van der Waals surface area contributed by atoms with E-state index in [0.29, 0.717) is 11.7 Å². The maximum Gasteiger partial charge on any atom is 0.238 e. The number of nitrogens with zero attached hydrogens (tertiary/aromatic N) is 4. The maximum absolute atomic E-state index is 6.67. The van der Waals surface area contributed by atoms with Gasteiger partial charge in [0.05, 0.1) is 33.1 Å². The Morgan fingerprint density at radius 3 is 1.83 bits per heavy atom. The summed E-state index contributed by atoms with van der Waals surface area (Å²) in [4.78, 5) is 11.0. The summed E-state index contributed by atoms with van der Waals surface area (Å²) in [5.41, 5.74) is 9.99. The third-order valence-corrected chi connectivity index (χ3v) is 12.5.